The first kappa shape index (κ1) is 17.0. The molecule has 1 aromatic carbocycles. The zero-order valence-electron chi connectivity index (χ0n) is 14.4. The van der Waals surface area contributed by atoms with E-state index in [1.54, 1.807) is 0 Å². The number of benzene rings is 1. The van der Waals surface area contributed by atoms with Gasteiger partial charge in [0.15, 0.2) is 0 Å². The molecule has 1 aliphatic rings. The number of carbonyl (C=O) groups excluding carboxylic acids is 1. The predicted octanol–water partition coefficient (Wildman–Crippen LogP) is 3.78. The van der Waals surface area contributed by atoms with Gasteiger partial charge in [0.2, 0.25) is 11.8 Å². The molecule has 6 heteroatoms. The number of hydrogen-bond acceptors (Lipinski definition) is 5. The van der Waals surface area contributed by atoms with Gasteiger partial charge >= 0.3 is 0 Å². The highest BCUT2D eigenvalue weighted by Crippen LogP contribution is 2.29. The summed E-state index contributed by atoms with van der Waals surface area (Å²) in [6.45, 7) is 7.86. The van der Waals surface area contributed by atoms with E-state index >= 15 is 0 Å². The molecule has 1 amide bonds. The Hall–Kier alpha value is -1.82. The van der Waals surface area contributed by atoms with Crippen molar-refractivity contribution in [2.24, 2.45) is 5.92 Å². The van der Waals surface area contributed by atoms with Crippen LogP contribution in [0, 0.1) is 12.8 Å². The third-order valence-electron chi connectivity index (χ3n) is 4.50. The topological polar surface area (TPSA) is 59.2 Å². The van der Waals surface area contributed by atoms with Crippen LogP contribution in [-0.2, 0) is 4.79 Å². The molecule has 5 nitrogen and oxygen atoms in total. The molecule has 0 bridgehead atoms. The minimum absolute atomic E-state index is 0.155. The van der Waals surface area contributed by atoms with Gasteiger partial charge in [0, 0.05) is 18.7 Å². The minimum atomic E-state index is -0.219. The fourth-order valence-electron chi connectivity index (χ4n) is 2.87. The van der Waals surface area contributed by atoms with Crippen LogP contribution in [0.15, 0.2) is 33.9 Å². The molecule has 0 unspecified atom stereocenters. The highest BCUT2D eigenvalue weighted by molar-refractivity contribution is 8.00. The summed E-state index contributed by atoms with van der Waals surface area (Å²) >= 11 is 1.34. The number of thioether (sulfide) groups is 1. The van der Waals surface area contributed by atoms with Gasteiger partial charge in [-0.15, -0.1) is 10.2 Å². The van der Waals surface area contributed by atoms with Crippen molar-refractivity contribution in [2.45, 2.75) is 44.1 Å². The van der Waals surface area contributed by atoms with Crippen molar-refractivity contribution in [3.05, 3.63) is 29.8 Å². The van der Waals surface area contributed by atoms with Crippen molar-refractivity contribution in [1.29, 1.82) is 0 Å². The Kier molecular flexibility index (Phi) is 5.23. The van der Waals surface area contributed by atoms with Crippen molar-refractivity contribution >= 4 is 17.7 Å². The maximum absolute atomic E-state index is 12.6. The summed E-state index contributed by atoms with van der Waals surface area (Å²) in [5, 5.41) is 8.43. The number of nitrogens with zero attached hydrogens (tertiary/aromatic N) is 3. The Balaban J connectivity index is 1.64. The van der Waals surface area contributed by atoms with Gasteiger partial charge in [-0.2, -0.15) is 0 Å². The number of rotatable bonds is 4. The van der Waals surface area contributed by atoms with Crippen LogP contribution in [-0.4, -0.2) is 39.3 Å². The molecule has 1 aromatic heterocycles. The second-order valence-corrected chi connectivity index (χ2v) is 7.75. The first-order valence-electron chi connectivity index (χ1n) is 8.39. The summed E-state index contributed by atoms with van der Waals surface area (Å²) in [5.74, 6) is 1.37. The molecule has 2 aromatic rings. The highest BCUT2D eigenvalue weighted by atomic mass is 32.2. The smallest absolute Gasteiger partial charge is 0.277 e. The molecular weight excluding hydrogens is 322 g/mol. The van der Waals surface area contributed by atoms with E-state index in [4.69, 9.17) is 4.42 Å². The normalized spacial score (nSPS) is 17.0. The standard InChI is InChI=1S/C18H23N3O2S/c1-12-8-10-21(11-9-12)17(22)14(3)24-18-20-19-16(23-18)15-7-5-4-6-13(15)2/h4-7,12,14H,8-11H2,1-3H3/t14-/m0/s1. The Morgan fingerprint density at radius 2 is 2.00 bits per heavy atom. The Bertz CT molecular complexity index is 708. The Morgan fingerprint density at radius 1 is 1.29 bits per heavy atom. The van der Waals surface area contributed by atoms with Crippen LogP contribution >= 0.6 is 11.8 Å². The molecule has 0 radical (unpaired) electrons. The summed E-state index contributed by atoms with van der Waals surface area (Å²) < 4.78 is 5.75. The monoisotopic (exact) mass is 345 g/mol. The number of carbonyl (C=O) groups is 1. The summed E-state index contributed by atoms with van der Waals surface area (Å²) in [6.07, 6.45) is 2.17. The fourth-order valence-corrected chi connectivity index (χ4v) is 3.63. The maximum atomic E-state index is 12.6. The van der Waals surface area contributed by atoms with Crippen LogP contribution in [0.2, 0.25) is 0 Å². The van der Waals surface area contributed by atoms with Crippen LogP contribution < -0.4 is 0 Å². The summed E-state index contributed by atoms with van der Waals surface area (Å²) in [4.78, 5) is 14.5. The van der Waals surface area contributed by atoms with E-state index in [1.165, 1.54) is 11.8 Å². The van der Waals surface area contributed by atoms with Crippen LogP contribution in [0.5, 0.6) is 0 Å². The molecule has 0 aliphatic carbocycles. The van der Waals surface area contributed by atoms with Gasteiger partial charge in [-0.3, -0.25) is 4.79 Å². The van der Waals surface area contributed by atoms with Crippen LogP contribution in [0.1, 0.15) is 32.3 Å². The highest BCUT2D eigenvalue weighted by Gasteiger charge is 2.26. The second kappa shape index (κ2) is 7.38. The minimum Gasteiger partial charge on any atom is -0.411 e. The molecule has 128 valence electrons. The summed E-state index contributed by atoms with van der Waals surface area (Å²) in [6, 6.07) is 7.89. The molecule has 1 aliphatic heterocycles. The number of amides is 1. The third-order valence-corrected chi connectivity index (χ3v) is 5.42. The molecule has 0 saturated carbocycles. The van der Waals surface area contributed by atoms with Gasteiger partial charge in [-0.1, -0.05) is 36.9 Å². The molecule has 1 fully saturated rings. The second-order valence-electron chi connectivity index (χ2n) is 6.46. The van der Waals surface area contributed by atoms with Crippen molar-refractivity contribution in [3.63, 3.8) is 0 Å². The van der Waals surface area contributed by atoms with E-state index in [-0.39, 0.29) is 11.2 Å². The van der Waals surface area contributed by atoms with Crippen molar-refractivity contribution in [1.82, 2.24) is 15.1 Å². The lowest BCUT2D eigenvalue weighted by atomic mass is 9.99. The van der Waals surface area contributed by atoms with Gasteiger partial charge in [0.25, 0.3) is 5.22 Å². The largest absolute Gasteiger partial charge is 0.411 e. The first-order valence-corrected chi connectivity index (χ1v) is 9.27. The average molecular weight is 345 g/mol. The van der Waals surface area contributed by atoms with Crippen molar-refractivity contribution in [2.75, 3.05) is 13.1 Å². The molecule has 0 N–H and O–H groups in total. The Morgan fingerprint density at radius 3 is 2.71 bits per heavy atom. The quantitative estimate of drug-likeness (QED) is 0.789. The van der Waals surface area contributed by atoms with Gasteiger partial charge in [0.1, 0.15) is 0 Å². The summed E-state index contributed by atoms with van der Waals surface area (Å²) in [7, 11) is 0. The first-order chi connectivity index (χ1) is 11.5. The van der Waals surface area contributed by atoms with Gasteiger partial charge in [-0.05, 0) is 44.2 Å². The maximum Gasteiger partial charge on any atom is 0.277 e. The number of hydrogen-bond donors (Lipinski definition) is 0. The molecule has 2 heterocycles. The lowest BCUT2D eigenvalue weighted by Crippen LogP contribution is -2.41. The van der Waals surface area contributed by atoms with Gasteiger partial charge in [0.05, 0.1) is 5.25 Å². The molecule has 0 spiro atoms. The number of aryl methyl sites for hydroxylation is 1. The predicted molar refractivity (Wildman–Crippen MR) is 94.8 cm³/mol. The van der Waals surface area contributed by atoms with Crippen LogP contribution in [0.25, 0.3) is 11.5 Å². The SMILES string of the molecule is Cc1ccccc1-c1nnc(S[C@@H](C)C(=O)N2CCC(C)CC2)o1. The lowest BCUT2D eigenvalue weighted by molar-refractivity contribution is -0.131. The molecule has 24 heavy (non-hydrogen) atoms. The number of piperidine rings is 1. The lowest BCUT2D eigenvalue weighted by Gasteiger charge is -2.31. The van der Waals surface area contributed by atoms with E-state index < -0.39 is 0 Å². The van der Waals surface area contributed by atoms with E-state index in [0.717, 1.165) is 37.1 Å². The van der Waals surface area contributed by atoms with Crippen molar-refractivity contribution < 1.29 is 9.21 Å². The number of aromatic nitrogens is 2. The van der Waals surface area contributed by atoms with Crippen molar-refractivity contribution in [3.8, 4) is 11.5 Å². The van der Waals surface area contributed by atoms with E-state index in [2.05, 4.69) is 17.1 Å². The molecular formula is C18H23N3O2S. The van der Waals surface area contributed by atoms with Crippen LogP contribution in [0.3, 0.4) is 0 Å². The number of likely N-dealkylation sites (tertiary alicyclic amines) is 1. The van der Waals surface area contributed by atoms with E-state index in [0.29, 0.717) is 17.0 Å². The zero-order chi connectivity index (χ0) is 17.1. The van der Waals surface area contributed by atoms with Gasteiger partial charge < -0.3 is 9.32 Å². The average Bonchev–Trinajstić information content (AvgIpc) is 3.03. The summed E-state index contributed by atoms with van der Waals surface area (Å²) in [5.41, 5.74) is 2.02. The van der Waals surface area contributed by atoms with E-state index in [9.17, 15) is 4.79 Å². The zero-order valence-corrected chi connectivity index (χ0v) is 15.2. The third kappa shape index (κ3) is 3.80. The molecule has 1 saturated heterocycles. The molecule has 1 atom stereocenters. The molecule has 3 rings (SSSR count). The fraction of sp³-hybridized carbons (Fsp3) is 0.500. The Labute approximate surface area is 146 Å². The van der Waals surface area contributed by atoms with Gasteiger partial charge in [-0.25, -0.2) is 0 Å². The van der Waals surface area contributed by atoms with E-state index in [1.807, 2.05) is 43.0 Å². The van der Waals surface area contributed by atoms with Crippen LogP contribution in [0.4, 0.5) is 0 Å².